The summed E-state index contributed by atoms with van der Waals surface area (Å²) in [5.74, 6) is 0.358. The number of nitro groups is 1. The van der Waals surface area contributed by atoms with E-state index in [1.165, 1.54) is 12.1 Å². The van der Waals surface area contributed by atoms with Gasteiger partial charge in [-0.25, -0.2) is 9.37 Å². The quantitative estimate of drug-likeness (QED) is 0.107. The Hall–Kier alpha value is -8.10. The number of nitro benzene ring substituents is 1. The summed E-state index contributed by atoms with van der Waals surface area (Å²) in [5, 5.41) is 16.8. The molecule has 0 aliphatic rings. The first kappa shape index (κ1) is 35.3. The summed E-state index contributed by atoms with van der Waals surface area (Å²) >= 11 is 0. The summed E-state index contributed by atoms with van der Waals surface area (Å²) in [4.78, 5) is 21.6. The van der Waals surface area contributed by atoms with E-state index in [9.17, 15) is 14.5 Å². The van der Waals surface area contributed by atoms with Crippen LogP contribution in [0.1, 0.15) is 0 Å². The van der Waals surface area contributed by atoms with Gasteiger partial charge in [0.1, 0.15) is 17.2 Å². The molecule has 0 unspecified atom stereocenters. The van der Waals surface area contributed by atoms with Crippen molar-refractivity contribution in [2.75, 3.05) is 9.80 Å². The van der Waals surface area contributed by atoms with Crippen LogP contribution in [0.4, 0.5) is 44.3 Å². The summed E-state index contributed by atoms with van der Waals surface area (Å²) in [5.41, 5.74) is 8.39. The third-order valence-corrected chi connectivity index (χ3v) is 10.7. The highest BCUT2D eigenvalue weighted by Crippen LogP contribution is 2.46. The molecule has 0 aliphatic heterocycles. The van der Waals surface area contributed by atoms with E-state index in [4.69, 9.17) is 9.40 Å². The van der Waals surface area contributed by atoms with Crippen molar-refractivity contribution in [3.63, 3.8) is 0 Å². The molecule has 7 nitrogen and oxygen atoms in total. The highest BCUT2D eigenvalue weighted by atomic mass is 19.1. The Morgan fingerprint density at radius 2 is 1.08 bits per heavy atom. The topological polar surface area (TPSA) is 75.7 Å². The van der Waals surface area contributed by atoms with Gasteiger partial charge in [-0.15, -0.1) is 0 Å². The highest BCUT2D eigenvalue weighted by Gasteiger charge is 2.25. The molecule has 0 bridgehead atoms. The number of benzene rings is 8. The molecular weight excluding hydrogens is 736 g/mol. The van der Waals surface area contributed by atoms with Gasteiger partial charge in [0.25, 0.3) is 5.69 Å². The summed E-state index contributed by atoms with van der Waals surface area (Å²) in [6.45, 7) is 0. The van der Waals surface area contributed by atoms with Crippen molar-refractivity contribution in [3.8, 4) is 22.3 Å². The fourth-order valence-corrected chi connectivity index (χ4v) is 7.99. The van der Waals surface area contributed by atoms with Crippen LogP contribution >= 0.6 is 0 Å². The molecule has 8 heteroatoms. The van der Waals surface area contributed by atoms with Crippen LogP contribution in [0.25, 0.3) is 55.0 Å². The van der Waals surface area contributed by atoms with Crippen LogP contribution in [0, 0.1) is 15.9 Å². The number of anilines is 6. The average Bonchev–Trinajstić information content (AvgIpc) is 3.67. The molecule has 59 heavy (non-hydrogen) atoms. The number of fused-ring (bicyclic) bond motifs is 4. The molecule has 0 fully saturated rings. The molecule has 8 aromatic carbocycles. The minimum atomic E-state index is -0.312. The SMILES string of the molecule is O=[N+]([O-])c1cc(N(c2ccccc2)c2cccc3c2oc2ccccc23)ccc1-c1ccc(-c2ccc(N(c3ccccc3)c3ccc(F)cc3)nc2)c2ccccc12. The molecule has 10 rings (SSSR count). The van der Waals surface area contributed by atoms with E-state index in [2.05, 4.69) is 0 Å². The van der Waals surface area contributed by atoms with E-state index in [0.29, 0.717) is 22.7 Å². The zero-order valence-corrected chi connectivity index (χ0v) is 31.4. The number of rotatable bonds is 9. The number of hydrogen-bond acceptors (Lipinski definition) is 6. The van der Waals surface area contributed by atoms with Gasteiger partial charge < -0.3 is 9.32 Å². The Kier molecular flexibility index (Phi) is 8.84. The number of furan rings is 1. The van der Waals surface area contributed by atoms with Gasteiger partial charge in [-0.3, -0.25) is 15.0 Å². The third kappa shape index (κ3) is 6.39. The van der Waals surface area contributed by atoms with Gasteiger partial charge in [-0.2, -0.15) is 0 Å². The monoisotopic (exact) mass is 768 g/mol. The highest BCUT2D eigenvalue weighted by molar-refractivity contribution is 6.11. The first-order chi connectivity index (χ1) is 29.0. The first-order valence-corrected chi connectivity index (χ1v) is 19.1. The zero-order chi connectivity index (χ0) is 39.9. The van der Waals surface area contributed by atoms with E-state index in [-0.39, 0.29) is 16.4 Å². The van der Waals surface area contributed by atoms with Crippen LogP contribution in [0.5, 0.6) is 0 Å². The summed E-state index contributed by atoms with van der Waals surface area (Å²) in [6.07, 6.45) is 1.83. The normalized spacial score (nSPS) is 11.3. The van der Waals surface area contributed by atoms with Gasteiger partial charge in [-0.05, 0) is 107 Å². The second kappa shape index (κ2) is 14.8. The Morgan fingerprint density at radius 3 is 1.78 bits per heavy atom. The number of para-hydroxylation sites is 4. The zero-order valence-electron chi connectivity index (χ0n) is 31.4. The molecule has 0 saturated heterocycles. The van der Waals surface area contributed by atoms with Gasteiger partial charge >= 0.3 is 0 Å². The molecular formula is C51H33FN4O3. The van der Waals surface area contributed by atoms with Gasteiger partial charge in [0.05, 0.1) is 21.9 Å². The number of nitrogens with zero attached hydrogens (tertiary/aromatic N) is 4. The van der Waals surface area contributed by atoms with E-state index in [1.807, 2.05) is 180 Å². The van der Waals surface area contributed by atoms with Crippen molar-refractivity contribution in [1.82, 2.24) is 4.98 Å². The van der Waals surface area contributed by atoms with Crippen molar-refractivity contribution < 1.29 is 13.7 Å². The lowest BCUT2D eigenvalue weighted by atomic mass is 9.91. The van der Waals surface area contributed by atoms with E-state index in [0.717, 1.165) is 66.6 Å². The minimum absolute atomic E-state index is 0.0223. The summed E-state index contributed by atoms with van der Waals surface area (Å²) < 4.78 is 20.3. The molecule has 2 heterocycles. The Labute approximate surface area is 338 Å². The van der Waals surface area contributed by atoms with Crippen molar-refractivity contribution in [3.05, 3.63) is 216 Å². The lowest BCUT2D eigenvalue weighted by molar-refractivity contribution is -0.384. The van der Waals surface area contributed by atoms with Crippen LogP contribution in [0.2, 0.25) is 0 Å². The number of pyridine rings is 1. The molecule has 2 aromatic heterocycles. The van der Waals surface area contributed by atoms with Crippen molar-refractivity contribution in [2.24, 2.45) is 0 Å². The van der Waals surface area contributed by atoms with Gasteiger partial charge in [-0.1, -0.05) is 103 Å². The van der Waals surface area contributed by atoms with Gasteiger partial charge in [0, 0.05) is 45.7 Å². The van der Waals surface area contributed by atoms with Crippen LogP contribution in [-0.2, 0) is 0 Å². The second-order valence-electron chi connectivity index (χ2n) is 14.1. The molecule has 10 aromatic rings. The van der Waals surface area contributed by atoms with Crippen molar-refractivity contribution in [1.29, 1.82) is 0 Å². The standard InChI is InChI=1S/C51H33FN4O3/c52-35-23-25-38(26-24-35)55(37-14-5-2-6-15-37)50-31-22-34(33-53-50)40-29-30-43(42-17-8-7-16-41(40)42)44-28-27-39(32-48(44)56(57)58)54(36-12-3-1-4-13-36)47-20-11-19-46-45-18-9-10-21-49(45)59-51(46)47/h1-33H. The van der Waals surface area contributed by atoms with Gasteiger partial charge in [0.15, 0.2) is 5.58 Å². The van der Waals surface area contributed by atoms with Crippen molar-refractivity contribution in [2.45, 2.75) is 0 Å². The molecule has 0 spiro atoms. The van der Waals surface area contributed by atoms with Gasteiger partial charge in [0.2, 0.25) is 0 Å². The number of hydrogen-bond donors (Lipinski definition) is 0. The van der Waals surface area contributed by atoms with Crippen LogP contribution in [-0.4, -0.2) is 9.91 Å². The fraction of sp³-hybridized carbons (Fsp3) is 0. The molecule has 0 atom stereocenters. The molecule has 282 valence electrons. The maximum Gasteiger partial charge on any atom is 0.279 e. The lowest BCUT2D eigenvalue weighted by Gasteiger charge is -2.25. The minimum Gasteiger partial charge on any atom is -0.454 e. The van der Waals surface area contributed by atoms with E-state index in [1.54, 1.807) is 18.2 Å². The van der Waals surface area contributed by atoms with Crippen LogP contribution in [0.3, 0.4) is 0 Å². The third-order valence-electron chi connectivity index (χ3n) is 10.7. The Morgan fingerprint density at radius 1 is 0.508 bits per heavy atom. The molecule has 0 radical (unpaired) electrons. The Bertz CT molecular complexity index is 3150. The average molecular weight is 769 g/mol. The van der Waals surface area contributed by atoms with E-state index >= 15 is 0 Å². The molecule has 0 N–H and O–H groups in total. The fourth-order valence-electron chi connectivity index (χ4n) is 7.99. The predicted octanol–water partition coefficient (Wildman–Crippen LogP) is 14.5. The number of aromatic nitrogens is 1. The molecule has 0 saturated carbocycles. The maximum absolute atomic E-state index is 13.9. The van der Waals surface area contributed by atoms with Crippen LogP contribution in [0.15, 0.2) is 205 Å². The number of halogens is 1. The Balaban J connectivity index is 1.06. The van der Waals surface area contributed by atoms with Crippen LogP contribution < -0.4 is 9.80 Å². The largest absolute Gasteiger partial charge is 0.454 e. The molecule has 0 aliphatic carbocycles. The van der Waals surface area contributed by atoms with E-state index < -0.39 is 0 Å². The smallest absolute Gasteiger partial charge is 0.279 e. The predicted molar refractivity (Wildman–Crippen MR) is 236 cm³/mol. The summed E-state index contributed by atoms with van der Waals surface area (Å²) in [7, 11) is 0. The lowest BCUT2D eigenvalue weighted by Crippen LogP contribution is -2.11. The first-order valence-electron chi connectivity index (χ1n) is 19.1. The molecule has 0 amide bonds. The second-order valence-corrected chi connectivity index (χ2v) is 14.1. The van der Waals surface area contributed by atoms with Crippen molar-refractivity contribution >= 4 is 72.7 Å². The summed E-state index contributed by atoms with van der Waals surface area (Å²) in [6, 6.07) is 61.2. The maximum atomic E-state index is 13.9.